The second-order valence-corrected chi connectivity index (χ2v) is 11.1. The zero-order chi connectivity index (χ0) is 26.9. The van der Waals surface area contributed by atoms with E-state index in [2.05, 4.69) is 40.3 Å². The van der Waals surface area contributed by atoms with Crippen molar-refractivity contribution < 1.29 is 4.79 Å². The van der Waals surface area contributed by atoms with E-state index in [9.17, 15) is 4.79 Å². The van der Waals surface area contributed by atoms with Crippen LogP contribution in [-0.4, -0.2) is 54.1 Å². The molecule has 1 saturated heterocycles. The largest absolute Gasteiger partial charge is 0.368 e. The molecule has 0 bridgehead atoms. The summed E-state index contributed by atoms with van der Waals surface area (Å²) in [4.78, 5) is 37.0. The standard InChI is InChI=1S/C30H33N9O/c40-27(11-19-7-3-1-4-8-19)34-21-12-20(14-31-15-21)23-13-22-24(17-33-23)37-38-28(22)30-35-25-16-32-18-26(29(25)36-30)39-9-5-2-6-10-39/h12-19H,1-11H2,(H,34,40)(H,35,36)(H,37,38). The summed E-state index contributed by atoms with van der Waals surface area (Å²) in [7, 11) is 0. The fourth-order valence-corrected chi connectivity index (χ4v) is 6.17. The van der Waals surface area contributed by atoms with E-state index in [0.717, 1.165) is 70.5 Å². The van der Waals surface area contributed by atoms with Crippen LogP contribution in [0.3, 0.4) is 0 Å². The molecule has 204 valence electrons. The van der Waals surface area contributed by atoms with E-state index >= 15 is 0 Å². The highest BCUT2D eigenvalue weighted by Crippen LogP contribution is 2.33. The number of imidazole rings is 1. The van der Waals surface area contributed by atoms with Gasteiger partial charge in [0.25, 0.3) is 0 Å². The van der Waals surface area contributed by atoms with Crippen LogP contribution < -0.4 is 10.2 Å². The molecule has 0 radical (unpaired) electrons. The maximum absolute atomic E-state index is 12.7. The number of fused-ring (bicyclic) bond motifs is 2. The lowest BCUT2D eigenvalue weighted by atomic mass is 9.87. The first-order chi connectivity index (χ1) is 19.7. The van der Waals surface area contributed by atoms with Crippen molar-refractivity contribution in [3.63, 3.8) is 0 Å². The molecular formula is C30H33N9O. The molecule has 3 N–H and O–H groups in total. The van der Waals surface area contributed by atoms with Crippen molar-refractivity contribution in [2.75, 3.05) is 23.3 Å². The zero-order valence-corrected chi connectivity index (χ0v) is 22.5. The number of nitrogens with zero attached hydrogens (tertiary/aromatic N) is 6. The molecule has 1 aliphatic carbocycles. The van der Waals surface area contributed by atoms with Crippen molar-refractivity contribution in [3.05, 3.63) is 43.1 Å². The van der Waals surface area contributed by atoms with Crippen LogP contribution >= 0.6 is 0 Å². The maximum atomic E-state index is 12.7. The van der Waals surface area contributed by atoms with Crippen LogP contribution in [0.1, 0.15) is 57.8 Å². The predicted molar refractivity (Wildman–Crippen MR) is 156 cm³/mol. The van der Waals surface area contributed by atoms with E-state index < -0.39 is 0 Å². The molecule has 1 aliphatic heterocycles. The Morgan fingerprint density at radius 3 is 2.62 bits per heavy atom. The van der Waals surface area contributed by atoms with E-state index in [1.165, 1.54) is 38.5 Å². The Morgan fingerprint density at radius 2 is 1.75 bits per heavy atom. The number of nitrogens with one attached hydrogen (secondary N) is 3. The first-order valence-electron chi connectivity index (χ1n) is 14.4. The van der Waals surface area contributed by atoms with Gasteiger partial charge in [0.2, 0.25) is 5.91 Å². The van der Waals surface area contributed by atoms with Gasteiger partial charge in [-0.25, -0.2) is 4.98 Å². The molecule has 40 heavy (non-hydrogen) atoms. The normalized spacial score (nSPS) is 16.6. The third-order valence-electron chi connectivity index (χ3n) is 8.26. The number of carbonyl (C=O) groups is 1. The Kier molecular flexibility index (Phi) is 6.59. The van der Waals surface area contributed by atoms with E-state index in [-0.39, 0.29) is 5.91 Å². The minimum atomic E-state index is 0.0506. The molecule has 0 atom stereocenters. The molecule has 5 aromatic heterocycles. The smallest absolute Gasteiger partial charge is 0.224 e. The summed E-state index contributed by atoms with van der Waals surface area (Å²) in [5.74, 6) is 1.22. The molecule has 0 unspecified atom stereocenters. The number of anilines is 2. The minimum Gasteiger partial charge on any atom is -0.368 e. The molecule has 0 spiro atoms. The molecule has 2 aliphatic rings. The van der Waals surface area contributed by atoms with Crippen LogP contribution in [-0.2, 0) is 4.79 Å². The van der Waals surface area contributed by atoms with E-state index in [4.69, 9.17) is 4.98 Å². The van der Waals surface area contributed by atoms with Crippen LogP contribution in [0.5, 0.6) is 0 Å². The van der Waals surface area contributed by atoms with Gasteiger partial charge < -0.3 is 15.2 Å². The topological polar surface area (TPSA) is 128 Å². The van der Waals surface area contributed by atoms with E-state index in [1.807, 2.05) is 24.5 Å². The molecule has 10 heteroatoms. The van der Waals surface area contributed by atoms with Gasteiger partial charge in [0.05, 0.1) is 52.9 Å². The molecule has 10 nitrogen and oxygen atoms in total. The van der Waals surface area contributed by atoms with Gasteiger partial charge in [-0.1, -0.05) is 19.3 Å². The fraction of sp³-hybridized carbons (Fsp3) is 0.400. The van der Waals surface area contributed by atoms with E-state index in [0.29, 0.717) is 23.9 Å². The van der Waals surface area contributed by atoms with Gasteiger partial charge in [0.1, 0.15) is 11.2 Å². The molecule has 6 heterocycles. The Balaban J connectivity index is 1.17. The van der Waals surface area contributed by atoms with Gasteiger partial charge in [-0.3, -0.25) is 24.8 Å². The van der Waals surface area contributed by atoms with Crippen molar-refractivity contribution in [2.24, 2.45) is 5.92 Å². The van der Waals surface area contributed by atoms with Gasteiger partial charge in [-0.05, 0) is 50.2 Å². The number of pyridine rings is 3. The monoisotopic (exact) mass is 535 g/mol. The lowest BCUT2D eigenvalue weighted by Crippen LogP contribution is -2.29. The van der Waals surface area contributed by atoms with Crippen LogP contribution in [0.15, 0.2) is 43.1 Å². The Bertz CT molecular complexity index is 1660. The summed E-state index contributed by atoms with van der Waals surface area (Å²) in [5.41, 5.74) is 6.67. The number of H-pyrrole nitrogens is 2. The predicted octanol–water partition coefficient (Wildman–Crippen LogP) is 5.86. The van der Waals surface area contributed by atoms with Crippen LogP contribution in [0, 0.1) is 5.92 Å². The lowest BCUT2D eigenvalue weighted by molar-refractivity contribution is -0.117. The number of rotatable bonds is 6. The van der Waals surface area contributed by atoms with Crippen molar-refractivity contribution in [1.82, 2.24) is 35.1 Å². The van der Waals surface area contributed by atoms with Crippen molar-refractivity contribution >= 4 is 39.2 Å². The van der Waals surface area contributed by atoms with Crippen LogP contribution in [0.25, 0.3) is 44.7 Å². The summed E-state index contributed by atoms with van der Waals surface area (Å²) >= 11 is 0. The van der Waals surface area contributed by atoms with Gasteiger partial charge in [-0.15, -0.1) is 0 Å². The van der Waals surface area contributed by atoms with Gasteiger partial charge in [0.15, 0.2) is 5.82 Å². The average Bonchev–Trinajstić information content (AvgIpc) is 3.62. The molecule has 2 fully saturated rings. The first kappa shape index (κ1) is 24.7. The molecule has 5 aromatic rings. The average molecular weight is 536 g/mol. The minimum absolute atomic E-state index is 0.0506. The highest BCUT2D eigenvalue weighted by atomic mass is 16.1. The molecule has 7 rings (SSSR count). The van der Waals surface area contributed by atoms with Gasteiger partial charge >= 0.3 is 0 Å². The molecule has 1 saturated carbocycles. The second kappa shape index (κ2) is 10.7. The third-order valence-corrected chi connectivity index (χ3v) is 8.26. The number of carbonyl (C=O) groups excluding carboxylic acids is 1. The summed E-state index contributed by atoms with van der Waals surface area (Å²) < 4.78 is 0. The number of piperidine rings is 1. The third kappa shape index (κ3) is 4.89. The summed E-state index contributed by atoms with van der Waals surface area (Å²) in [6.45, 7) is 2.05. The number of aromatic amines is 2. The van der Waals surface area contributed by atoms with Gasteiger partial charge in [0, 0.05) is 36.7 Å². The fourth-order valence-electron chi connectivity index (χ4n) is 6.17. The van der Waals surface area contributed by atoms with Crippen molar-refractivity contribution in [2.45, 2.75) is 57.8 Å². The number of hydrogen-bond donors (Lipinski definition) is 3. The summed E-state index contributed by atoms with van der Waals surface area (Å²) in [5, 5.41) is 11.6. The molecular weight excluding hydrogens is 502 g/mol. The highest BCUT2D eigenvalue weighted by Gasteiger charge is 2.20. The van der Waals surface area contributed by atoms with Gasteiger partial charge in [-0.2, -0.15) is 5.10 Å². The first-order valence-corrected chi connectivity index (χ1v) is 14.4. The highest BCUT2D eigenvalue weighted by molar-refractivity contribution is 5.97. The number of aromatic nitrogens is 7. The van der Waals surface area contributed by atoms with Crippen LogP contribution in [0.4, 0.5) is 11.4 Å². The Labute approximate surface area is 232 Å². The van der Waals surface area contributed by atoms with Crippen LogP contribution in [0.2, 0.25) is 0 Å². The summed E-state index contributed by atoms with van der Waals surface area (Å²) in [6.07, 6.45) is 19.2. The van der Waals surface area contributed by atoms with Crippen molar-refractivity contribution in [1.29, 1.82) is 0 Å². The number of hydrogen-bond acceptors (Lipinski definition) is 7. The second-order valence-electron chi connectivity index (χ2n) is 11.1. The zero-order valence-electron chi connectivity index (χ0n) is 22.5. The maximum Gasteiger partial charge on any atom is 0.224 e. The van der Waals surface area contributed by atoms with Crippen molar-refractivity contribution in [3.8, 4) is 22.8 Å². The molecule has 1 amide bonds. The summed E-state index contributed by atoms with van der Waals surface area (Å²) in [6, 6.07) is 3.92. The molecule has 0 aromatic carbocycles. The van der Waals surface area contributed by atoms with E-state index in [1.54, 1.807) is 18.6 Å². The lowest BCUT2D eigenvalue weighted by Gasteiger charge is -2.28. The Morgan fingerprint density at radius 1 is 0.925 bits per heavy atom. The Hall–Kier alpha value is -4.34. The number of amides is 1. The SMILES string of the molecule is O=C(CC1CCCCC1)Nc1cncc(-c2cc3c(-c4nc5c(N6CCCCC6)cncc5[nH]4)n[nH]c3cn2)c1. The quantitative estimate of drug-likeness (QED) is 0.248.